The van der Waals surface area contributed by atoms with Crippen LogP contribution in [0.3, 0.4) is 0 Å². The molecule has 0 saturated heterocycles. The van der Waals surface area contributed by atoms with Gasteiger partial charge in [0, 0.05) is 0 Å². The van der Waals surface area contributed by atoms with Crippen LogP contribution in [0.15, 0.2) is 67.3 Å². The summed E-state index contributed by atoms with van der Waals surface area (Å²) in [6.07, 6.45) is 1.10. The van der Waals surface area contributed by atoms with Gasteiger partial charge in [0.25, 0.3) is 0 Å². The maximum absolute atomic E-state index is 13.2. The number of hydrogen-bond donors (Lipinski definition) is 0. The number of amides is 1. The van der Waals surface area contributed by atoms with Crippen molar-refractivity contribution in [3.8, 4) is 0 Å². The Bertz CT molecular complexity index is 995. The van der Waals surface area contributed by atoms with Gasteiger partial charge in [-0.2, -0.15) is 0 Å². The third-order valence-electron chi connectivity index (χ3n) is 4.20. The Kier molecular flexibility index (Phi) is 5.79. The molecule has 1 heterocycles. The van der Waals surface area contributed by atoms with Crippen LogP contribution in [0.25, 0.3) is 10.9 Å². The number of hydrogen-bond acceptors (Lipinski definition) is 3. The zero-order valence-corrected chi connectivity index (χ0v) is 16.9. The van der Waals surface area contributed by atoms with Crippen molar-refractivity contribution in [1.82, 2.24) is 4.57 Å². The zero-order valence-electron chi connectivity index (χ0n) is 15.2. The van der Waals surface area contributed by atoms with Crippen LogP contribution in [0.5, 0.6) is 0 Å². The number of ether oxygens (including phenoxy) is 1. The Labute approximate surface area is 164 Å². The third-order valence-corrected chi connectivity index (χ3v) is 6.06. The summed E-state index contributed by atoms with van der Waals surface area (Å²) in [5.41, 5.74) is 1.97. The topological polar surface area (TPSA) is 51.5 Å². The van der Waals surface area contributed by atoms with Crippen molar-refractivity contribution in [3.05, 3.63) is 72.9 Å². The SMILES string of the molecule is C=CCN(C(=O)OC)c1c(C(=O)[Se]c2ccccc2)n(C)c2ccccc12. The molecule has 0 fully saturated rings. The van der Waals surface area contributed by atoms with Crippen molar-refractivity contribution >= 4 is 46.8 Å². The van der Waals surface area contributed by atoms with Crippen molar-refractivity contribution < 1.29 is 14.3 Å². The second-order valence-corrected chi connectivity index (χ2v) is 8.04. The van der Waals surface area contributed by atoms with E-state index in [9.17, 15) is 9.59 Å². The molecule has 3 aromatic rings. The number of carbonyl (C=O) groups excluding carboxylic acids is 2. The molecule has 3 rings (SSSR count). The first-order valence-corrected chi connectivity index (χ1v) is 10.1. The van der Waals surface area contributed by atoms with Crippen LogP contribution in [-0.4, -0.2) is 44.0 Å². The summed E-state index contributed by atoms with van der Waals surface area (Å²) in [6.45, 7) is 3.98. The molecule has 138 valence electrons. The Morgan fingerprint density at radius 3 is 2.48 bits per heavy atom. The van der Waals surface area contributed by atoms with Crippen LogP contribution < -0.4 is 9.36 Å². The van der Waals surface area contributed by atoms with Gasteiger partial charge in [0.15, 0.2) is 0 Å². The van der Waals surface area contributed by atoms with Crippen LogP contribution in [0, 0.1) is 0 Å². The molecule has 6 heteroatoms. The van der Waals surface area contributed by atoms with Gasteiger partial charge in [0.1, 0.15) is 0 Å². The fourth-order valence-corrected chi connectivity index (χ4v) is 4.78. The van der Waals surface area contributed by atoms with Crippen LogP contribution in [0.2, 0.25) is 0 Å². The summed E-state index contributed by atoms with van der Waals surface area (Å²) in [7, 11) is 3.18. The summed E-state index contributed by atoms with van der Waals surface area (Å²) >= 11 is -0.409. The van der Waals surface area contributed by atoms with E-state index in [4.69, 9.17) is 4.74 Å². The minimum absolute atomic E-state index is 0.000338. The van der Waals surface area contributed by atoms with Crippen LogP contribution >= 0.6 is 0 Å². The van der Waals surface area contributed by atoms with Crippen LogP contribution in [0.1, 0.15) is 10.5 Å². The number of aromatic nitrogens is 1. The molecule has 0 atom stereocenters. The number of para-hydroxylation sites is 1. The van der Waals surface area contributed by atoms with E-state index in [-0.39, 0.29) is 11.2 Å². The van der Waals surface area contributed by atoms with Crippen molar-refractivity contribution in [2.45, 2.75) is 0 Å². The fourth-order valence-electron chi connectivity index (χ4n) is 3.02. The number of aryl methyl sites for hydroxylation is 1. The maximum atomic E-state index is 13.2. The average Bonchev–Trinajstić information content (AvgIpc) is 2.99. The molecular weight excluding hydrogens is 407 g/mol. The Morgan fingerprint density at radius 2 is 1.81 bits per heavy atom. The first kappa shape index (κ1) is 19.0. The standard InChI is InChI=1S/C21H20N2O3Se/c1-4-14-23(21(25)26-3)18-16-12-8-9-13-17(16)22(2)19(18)20(24)27-15-10-6-5-7-11-15/h4-13H,1,14H2,2-3H3. The van der Waals surface area contributed by atoms with E-state index in [1.807, 2.05) is 66.2 Å². The van der Waals surface area contributed by atoms with E-state index in [1.165, 1.54) is 12.0 Å². The number of carbonyl (C=O) groups is 2. The summed E-state index contributed by atoms with van der Waals surface area (Å²) < 4.78 is 7.80. The molecule has 1 aromatic heterocycles. The molecule has 0 saturated carbocycles. The molecule has 1 amide bonds. The predicted molar refractivity (Wildman–Crippen MR) is 109 cm³/mol. The summed E-state index contributed by atoms with van der Waals surface area (Å²) in [5, 5.41) is 0.833. The van der Waals surface area contributed by atoms with Gasteiger partial charge in [0.05, 0.1) is 0 Å². The molecule has 0 radical (unpaired) electrons. The van der Waals surface area contributed by atoms with E-state index < -0.39 is 21.1 Å². The van der Waals surface area contributed by atoms with E-state index in [1.54, 1.807) is 6.08 Å². The Hall–Kier alpha value is -2.82. The fraction of sp³-hybridized carbons (Fsp3) is 0.143. The van der Waals surface area contributed by atoms with E-state index >= 15 is 0 Å². The molecule has 0 aliphatic rings. The second-order valence-electron chi connectivity index (χ2n) is 5.85. The first-order valence-electron chi connectivity index (χ1n) is 8.39. The van der Waals surface area contributed by atoms with Gasteiger partial charge in [-0.15, -0.1) is 0 Å². The average molecular weight is 427 g/mol. The van der Waals surface area contributed by atoms with Crippen molar-refractivity contribution in [2.24, 2.45) is 7.05 Å². The molecule has 2 aromatic carbocycles. The molecule has 5 nitrogen and oxygen atoms in total. The first-order chi connectivity index (χ1) is 13.1. The third kappa shape index (κ3) is 3.68. The van der Waals surface area contributed by atoms with Gasteiger partial charge < -0.3 is 0 Å². The van der Waals surface area contributed by atoms with Gasteiger partial charge in [-0.1, -0.05) is 0 Å². The molecule has 0 bridgehead atoms. The number of anilines is 1. The summed E-state index contributed by atoms with van der Waals surface area (Å²) in [6, 6.07) is 17.3. The minimum atomic E-state index is -0.521. The Balaban J connectivity index is 2.18. The molecule has 0 aliphatic heterocycles. The van der Waals surface area contributed by atoms with E-state index in [2.05, 4.69) is 6.58 Å². The molecule has 0 unspecified atom stereocenters. The van der Waals surface area contributed by atoms with E-state index in [0.717, 1.165) is 15.4 Å². The van der Waals surface area contributed by atoms with Gasteiger partial charge in [-0.05, 0) is 0 Å². The predicted octanol–water partition coefficient (Wildman–Crippen LogP) is 3.11. The zero-order chi connectivity index (χ0) is 19.4. The van der Waals surface area contributed by atoms with Crippen LogP contribution in [0.4, 0.5) is 10.5 Å². The molecule has 0 aliphatic carbocycles. The summed E-state index contributed by atoms with van der Waals surface area (Å²) in [5.74, 6) is 0. The normalized spacial score (nSPS) is 10.6. The number of methoxy groups -OCH3 is 1. The number of fused-ring (bicyclic) bond motifs is 1. The second kappa shape index (κ2) is 8.25. The van der Waals surface area contributed by atoms with Gasteiger partial charge in [0.2, 0.25) is 0 Å². The quantitative estimate of drug-likeness (QED) is 0.449. The van der Waals surface area contributed by atoms with Crippen LogP contribution in [-0.2, 0) is 11.8 Å². The van der Waals surface area contributed by atoms with Crippen molar-refractivity contribution in [3.63, 3.8) is 0 Å². The number of rotatable bonds is 6. The Morgan fingerprint density at radius 1 is 1.15 bits per heavy atom. The van der Waals surface area contributed by atoms with Gasteiger partial charge in [-0.25, -0.2) is 0 Å². The van der Waals surface area contributed by atoms with Crippen molar-refractivity contribution in [2.75, 3.05) is 18.6 Å². The molecule has 0 spiro atoms. The van der Waals surface area contributed by atoms with Crippen molar-refractivity contribution in [1.29, 1.82) is 0 Å². The molecular formula is C21H20N2O3Se. The molecule has 0 N–H and O–H groups in total. The monoisotopic (exact) mass is 428 g/mol. The van der Waals surface area contributed by atoms with E-state index in [0.29, 0.717) is 11.4 Å². The number of nitrogens with zero attached hydrogens (tertiary/aromatic N) is 2. The summed E-state index contributed by atoms with van der Waals surface area (Å²) in [4.78, 5) is 27.1. The van der Waals surface area contributed by atoms with Gasteiger partial charge in [-0.3, -0.25) is 0 Å². The van der Waals surface area contributed by atoms with Gasteiger partial charge >= 0.3 is 164 Å². The number of benzene rings is 2. The molecule has 27 heavy (non-hydrogen) atoms.